The Morgan fingerprint density at radius 1 is 1.19 bits per heavy atom. The molecule has 2 heterocycles. The van der Waals surface area contributed by atoms with Crippen LogP contribution in [0.15, 0.2) is 41.3 Å². The first-order valence-electron chi connectivity index (χ1n) is 8.97. The number of likely N-dealkylation sites (tertiary alicyclic amines) is 1. The zero-order chi connectivity index (χ0) is 18.5. The van der Waals surface area contributed by atoms with Gasteiger partial charge in [-0.15, -0.1) is 12.4 Å². The number of nitrogens with two attached hydrogens (primary N) is 1. The monoisotopic (exact) mass is 409 g/mol. The molecule has 0 aromatic heterocycles. The number of hydrogen-bond donors (Lipinski definition) is 1. The minimum absolute atomic E-state index is 0. The first-order chi connectivity index (χ1) is 12.4. The second kappa shape index (κ2) is 7.30. The van der Waals surface area contributed by atoms with Gasteiger partial charge in [-0.25, -0.2) is 8.42 Å². The molecule has 0 bridgehead atoms. The van der Waals surface area contributed by atoms with Crippen LogP contribution in [0.5, 0.6) is 0 Å². The third-order valence-corrected chi connectivity index (χ3v) is 7.40. The average Bonchev–Trinajstić information content (AvgIpc) is 2.85. The quantitative estimate of drug-likeness (QED) is 0.843. The minimum atomic E-state index is -3.69. The number of nitrogens with zero attached hydrogens (tertiary/aromatic N) is 2. The van der Waals surface area contributed by atoms with E-state index in [9.17, 15) is 13.2 Å². The molecular formula is C19H24ClN3O3S. The number of carbonyl (C=O) groups excluding carboxylic acids is 1. The summed E-state index contributed by atoms with van der Waals surface area (Å²) in [5.41, 5.74) is 6.55. The third-order valence-electron chi connectivity index (χ3n) is 5.60. The lowest BCUT2D eigenvalue weighted by Crippen LogP contribution is -2.46. The Morgan fingerprint density at radius 3 is 2.44 bits per heavy atom. The molecule has 2 N–H and O–H groups in total. The van der Waals surface area contributed by atoms with Gasteiger partial charge in [-0.1, -0.05) is 24.3 Å². The summed E-state index contributed by atoms with van der Waals surface area (Å²) in [6.45, 7) is 3.11. The van der Waals surface area contributed by atoms with E-state index in [1.807, 2.05) is 25.1 Å². The fourth-order valence-corrected chi connectivity index (χ4v) is 5.69. The number of piperidine rings is 1. The smallest absolute Gasteiger partial charge is 0.265 e. The van der Waals surface area contributed by atoms with Crippen LogP contribution in [0.1, 0.15) is 19.8 Å². The van der Waals surface area contributed by atoms with Crippen LogP contribution < -0.4 is 10.0 Å². The molecule has 1 atom stereocenters. The fourth-order valence-electron chi connectivity index (χ4n) is 4.03. The summed E-state index contributed by atoms with van der Waals surface area (Å²) >= 11 is 0. The van der Waals surface area contributed by atoms with E-state index >= 15 is 0 Å². The number of benzene rings is 2. The Balaban J connectivity index is 0.00000210. The van der Waals surface area contributed by atoms with Crippen molar-refractivity contribution >= 4 is 44.8 Å². The third kappa shape index (κ3) is 3.28. The van der Waals surface area contributed by atoms with Gasteiger partial charge in [-0.3, -0.25) is 9.10 Å². The number of anilines is 1. The molecule has 146 valence electrons. The predicted octanol–water partition coefficient (Wildman–Crippen LogP) is 2.36. The van der Waals surface area contributed by atoms with Crippen molar-refractivity contribution in [3.05, 3.63) is 36.4 Å². The zero-order valence-corrected chi connectivity index (χ0v) is 16.8. The Morgan fingerprint density at radius 2 is 1.81 bits per heavy atom. The Kier molecular flexibility index (Phi) is 5.38. The van der Waals surface area contributed by atoms with E-state index in [1.165, 1.54) is 4.31 Å². The maximum Gasteiger partial charge on any atom is 0.265 e. The normalized spacial score (nSPS) is 19.8. The second-order valence-electron chi connectivity index (χ2n) is 7.22. The van der Waals surface area contributed by atoms with E-state index in [4.69, 9.17) is 5.73 Å². The zero-order valence-electron chi connectivity index (χ0n) is 15.2. The van der Waals surface area contributed by atoms with Crippen LogP contribution in [-0.4, -0.2) is 44.9 Å². The van der Waals surface area contributed by atoms with E-state index in [0.29, 0.717) is 30.1 Å². The largest absolute Gasteiger partial charge is 0.341 e. The molecule has 1 amide bonds. The highest BCUT2D eigenvalue weighted by molar-refractivity contribution is 7.93. The van der Waals surface area contributed by atoms with Gasteiger partial charge in [0, 0.05) is 24.5 Å². The molecular weight excluding hydrogens is 386 g/mol. The van der Waals surface area contributed by atoms with E-state index in [-0.39, 0.29) is 35.8 Å². The molecule has 1 unspecified atom stereocenters. The van der Waals surface area contributed by atoms with E-state index in [1.54, 1.807) is 23.1 Å². The topological polar surface area (TPSA) is 83.7 Å². The summed E-state index contributed by atoms with van der Waals surface area (Å²) in [5, 5.41) is 1.58. The molecule has 0 aliphatic carbocycles. The fraction of sp³-hybridized carbons (Fsp3) is 0.421. The van der Waals surface area contributed by atoms with Gasteiger partial charge in [-0.05, 0) is 43.2 Å². The lowest BCUT2D eigenvalue weighted by molar-refractivity contribution is -0.131. The van der Waals surface area contributed by atoms with Gasteiger partial charge in [0.15, 0.2) is 0 Å². The summed E-state index contributed by atoms with van der Waals surface area (Å²) in [4.78, 5) is 14.8. The molecule has 27 heavy (non-hydrogen) atoms. The van der Waals surface area contributed by atoms with Gasteiger partial charge < -0.3 is 10.6 Å². The molecule has 1 saturated heterocycles. The highest BCUT2D eigenvalue weighted by Crippen LogP contribution is 2.41. The van der Waals surface area contributed by atoms with Crippen molar-refractivity contribution in [1.29, 1.82) is 0 Å². The molecule has 1 fully saturated rings. The van der Waals surface area contributed by atoms with Crippen LogP contribution in [-0.2, 0) is 14.8 Å². The molecule has 0 spiro atoms. The minimum Gasteiger partial charge on any atom is -0.341 e. The van der Waals surface area contributed by atoms with Crippen molar-refractivity contribution < 1.29 is 13.2 Å². The molecule has 2 aliphatic heterocycles. The summed E-state index contributed by atoms with van der Waals surface area (Å²) in [6, 6.07) is 10.9. The summed E-state index contributed by atoms with van der Waals surface area (Å²) in [6.07, 6.45) is 1.73. The van der Waals surface area contributed by atoms with Gasteiger partial charge >= 0.3 is 0 Å². The van der Waals surface area contributed by atoms with Gasteiger partial charge in [-0.2, -0.15) is 0 Å². The van der Waals surface area contributed by atoms with Crippen LogP contribution in [0.2, 0.25) is 0 Å². The number of sulfonamides is 1. The highest BCUT2D eigenvalue weighted by Gasteiger charge is 2.37. The Hall–Kier alpha value is -1.83. The molecule has 2 aromatic carbocycles. The standard InChI is InChI=1S/C19H23N3O3S.ClH/c1-13(20)14-8-10-21(11-9-14)18(23)12-22-16-6-2-4-15-5-3-7-17(19(15)16)26(22,24)25;/h2-7,13-14H,8-12,20H2,1H3;1H. The van der Waals surface area contributed by atoms with Crippen molar-refractivity contribution in [2.24, 2.45) is 11.7 Å². The van der Waals surface area contributed by atoms with Gasteiger partial charge in [0.2, 0.25) is 5.91 Å². The maximum absolute atomic E-state index is 13.0. The van der Waals surface area contributed by atoms with Crippen molar-refractivity contribution in [2.45, 2.75) is 30.7 Å². The average molecular weight is 410 g/mol. The first-order valence-corrected chi connectivity index (χ1v) is 10.4. The lowest BCUT2D eigenvalue weighted by atomic mass is 9.91. The van der Waals surface area contributed by atoms with Crippen LogP contribution >= 0.6 is 12.4 Å². The summed E-state index contributed by atoms with van der Waals surface area (Å²) < 4.78 is 27.2. The van der Waals surface area contributed by atoms with Crippen molar-refractivity contribution in [2.75, 3.05) is 23.9 Å². The van der Waals surface area contributed by atoms with Gasteiger partial charge in [0.05, 0.1) is 10.6 Å². The number of carbonyl (C=O) groups is 1. The van der Waals surface area contributed by atoms with Crippen LogP contribution in [0.3, 0.4) is 0 Å². The van der Waals surface area contributed by atoms with Gasteiger partial charge in [0.25, 0.3) is 10.0 Å². The molecule has 0 saturated carbocycles. The Bertz CT molecular complexity index is 964. The van der Waals surface area contributed by atoms with E-state index in [2.05, 4.69) is 0 Å². The first kappa shape index (κ1) is 19.9. The second-order valence-corrected chi connectivity index (χ2v) is 9.05. The van der Waals surface area contributed by atoms with Crippen molar-refractivity contribution in [1.82, 2.24) is 4.90 Å². The molecule has 0 radical (unpaired) electrons. The number of amides is 1. The summed E-state index contributed by atoms with van der Waals surface area (Å²) in [5.74, 6) is 0.272. The lowest BCUT2D eigenvalue weighted by Gasteiger charge is -2.34. The van der Waals surface area contributed by atoms with Gasteiger partial charge in [0.1, 0.15) is 6.54 Å². The van der Waals surface area contributed by atoms with Crippen LogP contribution in [0.25, 0.3) is 10.8 Å². The molecule has 6 nitrogen and oxygen atoms in total. The molecule has 8 heteroatoms. The number of rotatable bonds is 3. The van der Waals surface area contributed by atoms with Crippen molar-refractivity contribution in [3.8, 4) is 0 Å². The van der Waals surface area contributed by atoms with Crippen molar-refractivity contribution in [3.63, 3.8) is 0 Å². The number of halogens is 1. The SMILES string of the molecule is CC(N)C1CCN(C(=O)CN2c3cccc4cccc(c34)S2(=O)=O)CC1.Cl. The predicted molar refractivity (Wildman–Crippen MR) is 109 cm³/mol. The maximum atomic E-state index is 13.0. The molecule has 2 aliphatic rings. The van der Waals surface area contributed by atoms with Crippen LogP contribution in [0.4, 0.5) is 5.69 Å². The molecule has 2 aromatic rings. The molecule has 4 rings (SSSR count). The summed E-state index contributed by atoms with van der Waals surface area (Å²) in [7, 11) is -3.69. The van der Waals surface area contributed by atoms with E-state index < -0.39 is 10.0 Å². The number of hydrogen-bond acceptors (Lipinski definition) is 4. The highest BCUT2D eigenvalue weighted by atomic mass is 35.5. The Labute approximate surface area is 165 Å². The van der Waals surface area contributed by atoms with Crippen LogP contribution in [0, 0.1) is 5.92 Å². The van der Waals surface area contributed by atoms with E-state index in [0.717, 1.165) is 18.2 Å².